The van der Waals surface area contributed by atoms with Crippen LogP contribution in [0.15, 0.2) is 46.9 Å². The third-order valence-electron chi connectivity index (χ3n) is 7.47. The van der Waals surface area contributed by atoms with Gasteiger partial charge in [0.1, 0.15) is 0 Å². The van der Waals surface area contributed by atoms with Crippen LogP contribution in [0.1, 0.15) is 54.1 Å². The molecule has 1 heterocycles. The smallest absolute Gasteiger partial charge is 0.252 e. The molecule has 4 atom stereocenters. The number of benzene rings is 2. The number of carbonyl (C=O) groups excluding carboxylic acids is 1. The van der Waals surface area contributed by atoms with Crippen molar-refractivity contribution in [2.75, 3.05) is 0 Å². The lowest BCUT2D eigenvalue weighted by atomic mass is 9.84. The fraction of sp³-hybridized carbons (Fsp3) is 0.407. The summed E-state index contributed by atoms with van der Waals surface area (Å²) in [5, 5.41) is 4.24. The molecule has 4 heteroatoms. The van der Waals surface area contributed by atoms with E-state index in [-0.39, 0.29) is 11.9 Å². The summed E-state index contributed by atoms with van der Waals surface area (Å²) in [5.41, 5.74) is 5.87. The standard InChI is InChI=1S/C27H29BrN2O/c1-15-4-8-21(16(2)10-15)26-14-24(23-13-20(28)7-9-25(23)30-26)27(31)29-17(3)22-12-18-5-6-19(22)11-18/h4,7-10,13-14,17-19,22H,5-6,11-12H2,1-3H3,(H,29,31)/t17-,18+,19+,22-/m0/s1. The molecule has 3 nitrogen and oxygen atoms in total. The van der Waals surface area contributed by atoms with Crippen molar-refractivity contribution in [3.8, 4) is 11.3 Å². The summed E-state index contributed by atoms with van der Waals surface area (Å²) in [6, 6.07) is 14.5. The number of nitrogens with one attached hydrogen (secondary N) is 1. The Morgan fingerprint density at radius 2 is 1.94 bits per heavy atom. The minimum absolute atomic E-state index is 0.00629. The van der Waals surface area contributed by atoms with E-state index in [1.54, 1.807) is 0 Å². The number of nitrogens with zero attached hydrogens (tertiary/aromatic N) is 1. The highest BCUT2D eigenvalue weighted by Gasteiger charge is 2.42. The number of halogens is 1. The highest BCUT2D eigenvalue weighted by molar-refractivity contribution is 9.10. The molecule has 0 aliphatic heterocycles. The maximum atomic E-state index is 13.5. The molecule has 3 aromatic rings. The molecular formula is C27H29BrN2O. The summed E-state index contributed by atoms with van der Waals surface area (Å²) < 4.78 is 0.955. The lowest BCUT2D eigenvalue weighted by molar-refractivity contribution is 0.0917. The maximum absolute atomic E-state index is 13.5. The molecule has 2 fully saturated rings. The van der Waals surface area contributed by atoms with E-state index in [2.05, 4.69) is 60.2 Å². The molecule has 2 aliphatic carbocycles. The van der Waals surface area contributed by atoms with Gasteiger partial charge in [-0.15, -0.1) is 0 Å². The predicted octanol–water partition coefficient (Wildman–Crippen LogP) is 6.84. The summed E-state index contributed by atoms with van der Waals surface area (Å²) >= 11 is 3.57. The van der Waals surface area contributed by atoms with E-state index in [0.29, 0.717) is 11.5 Å². The minimum Gasteiger partial charge on any atom is -0.349 e. The Balaban J connectivity index is 1.53. The van der Waals surface area contributed by atoms with Crippen LogP contribution in [0.25, 0.3) is 22.2 Å². The zero-order valence-electron chi connectivity index (χ0n) is 18.4. The number of aromatic nitrogens is 1. The van der Waals surface area contributed by atoms with Crippen molar-refractivity contribution in [2.45, 2.75) is 52.5 Å². The first-order valence-electron chi connectivity index (χ1n) is 11.4. The van der Waals surface area contributed by atoms with Crippen molar-refractivity contribution in [3.05, 3.63) is 63.6 Å². The summed E-state index contributed by atoms with van der Waals surface area (Å²) in [4.78, 5) is 18.4. The largest absolute Gasteiger partial charge is 0.349 e. The van der Waals surface area contributed by atoms with Gasteiger partial charge in [-0.2, -0.15) is 0 Å². The van der Waals surface area contributed by atoms with Crippen LogP contribution in [0, 0.1) is 31.6 Å². The van der Waals surface area contributed by atoms with Crippen molar-refractivity contribution < 1.29 is 4.79 Å². The van der Waals surface area contributed by atoms with Crippen molar-refractivity contribution in [1.29, 1.82) is 0 Å². The van der Waals surface area contributed by atoms with Gasteiger partial charge in [0.25, 0.3) is 5.91 Å². The Kier molecular flexibility index (Phi) is 5.37. The number of fused-ring (bicyclic) bond motifs is 3. The van der Waals surface area contributed by atoms with E-state index < -0.39 is 0 Å². The number of aryl methyl sites for hydroxylation is 2. The third kappa shape index (κ3) is 3.91. The van der Waals surface area contributed by atoms with E-state index >= 15 is 0 Å². The molecule has 1 amide bonds. The van der Waals surface area contributed by atoms with Crippen LogP contribution in [0.5, 0.6) is 0 Å². The number of carbonyl (C=O) groups is 1. The van der Waals surface area contributed by atoms with Gasteiger partial charge in [-0.05, 0) is 87.6 Å². The van der Waals surface area contributed by atoms with E-state index in [1.807, 2.05) is 24.3 Å². The van der Waals surface area contributed by atoms with E-state index in [1.165, 1.54) is 36.8 Å². The zero-order valence-corrected chi connectivity index (χ0v) is 20.0. The van der Waals surface area contributed by atoms with Gasteiger partial charge in [-0.1, -0.05) is 46.1 Å². The Morgan fingerprint density at radius 3 is 2.65 bits per heavy atom. The van der Waals surface area contributed by atoms with Crippen LogP contribution in [-0.2, 0) is 0 Å². The molecule has 1 N–H and O–H groups in total. The van der Waals surface area contributed by atoms with Crippen LogP contribution in [0.2, 0.25) is 0 Å². The van der Waals surface area contributed by atoms with Gasteiger partial charge >= 0.3 is 0 Å². The summed E-state index contributed by atoms with van der Waals surface area (Å²) in [6.07, 6.45) is 5.33. The van der Waals surface area contributed by atoms with Crippen molar-refractivity contribution in [3.63, 3.8) is 0 Å². The first-order valence-corrected chi connectivity index (χ1v) is 12.2. The van der Waals surface area contributed by atoms with Crippen LogP contribution in [0.4, 0.5) is 0 Å². The quantitative estimate of drug-likeness (QED) is 0.447. The third-order valence-corrected chi connectivity index (χ3v) is 7.96. The predicted molar refractivity (Wildman–Crippen MR) is 130 cm³/mol. The molecule has 0 saturated heterocycles. The van der Waals surface area contributed by atoms with Crippen LogP contribution in [-0.4, -0.2) is 16.9 Å². The van der Waals surface area contributed by atoms with E-state index in [4.69, 9.17) is 4.98 Å². The van der Waals surface area contributed by atoms with Crippen LogP contribution in [0.3, 0.4) is 0 Å². The lowest BCUT2D eigenvalue weighted by Crippen LogP contribution is -2.40. The minimum atomic E-state index is 0.00629. The molecule has 0 unspecified atom stereocenters. The van der Waals surface area contributed by atoms with Gasteiger partial charge in [-0.3, -0.25) is 4.79 Å². The van der Waals surface area contributed by atoms with Crippen LogP contribution >= 0.6 is 15.9 Å². The topological polar surface area (TPSA) is 42.0 Å². The number of amides is 1. The van der Waals surface area contributed by atoms with E-state index in [0.717, 1.165) is 38.5 Å². The first kappa shape index (κ1) is 20.7. The van der Waals surface area contributed by atoms with E-state index in [9.17, 15) is 4.79 Å². The fourth-order valence-electron chi connectivity index (χ4n) is 5.92. The van der Waals surface area contributed by atoms with Gasteiger partial charge in [0.2, 0.25) is 0 Å². The fourth-order valence-corrected chi connectivity index (χ4v) is 6.28. The number of rotatable bonds is 4. The second-order valence-corrected chi connectivity index (χ2v) is 10.6. The average molecular weight is 477 g/mol. The Hall–Kier alpha value is -2.20. The summed E-state index contributed by atoms with van der Waals surface area (Å²) in [5.74, 6) is 2.28. The second kappa shape index (κ2) is 8.05. The molecule has 2 aliphatic rings. The SMILES string of the molecule is Cc1ccc(-c2cc(C(=O)N[C@@H](C)[C@@H]3C[C@@H]4CC[C@@H]3C4)c3cc(Br)ccc3n2)c(C)c1. The molecule has 2 bridgehead atoms. The molecule has 1 aromatic heterocycles. The maximum Gasteiger partial charge on any atom is 0.252 e. The van der Waals surface area contributed by atoms with Crippen molar-refractivity contribution in [1.82, 2.24) is 10.3 Å². The monoisotopic (exact) mass is 476 g/mol. The molecule has 2 saturated carbocycles. The van der Waals surface area contributed by atoms with Gasteiger partial charge in [0, 0.05) is 21.5 Å². The molecule has 31 heavy (non-hydrogen) atoms. The molecule has 160 valence electrons. The highest BCUT2D eigenvalue weighted by Crippen LogP contribution is 2.49. The molecule has 2 aromatic carbocycles. The summed E-state index contributed by atoms with van der Waals surface area (Å²) in [6.45, 7) is 6.39. The van der Waals surface area contributed by atoms with Crippen LogP contribution < -0.4 is 5.32 Å². The average Bonchev–Trinajstić information content (AvgIpc) is 3.37. The van der Waals surface area contributed by atoms with Gasteiger partial charge in [0.15, 0.2) is 0 Å². The molecule has 5 rings (SSSR count). The first-order chi connectivity index (χ1) is 14.9. The molecule has 0 spiro atoms. The lowest BCUT2D eigenvalue weighted by Gasteiger charge is -2.28. The normalized spacial score (nSPS) is 23.3. The highest BCUT2D eigenvalue weighted by atomic mass is 79.9. The van der Waals surface area contributed by atoms with Crippen molar-refractivity contribution >= 4 is 32.7 Å². The summed E-state index contributed by atoms with van der Waals surface area (Å²) in [7, 11) is 0. The zero-order chi connectivity index (χ0) is 21.7. The Morgan fingerprint density at radius 1 is 1.10 bits per heavy atom. The molecule has 0 radical (unpaired) electrons. The number of pyridine rings is 1. The Labute approximate surface area is 192 Å². The van der Waals surface area contributed by atoms with Crippen molar-refractivity contribution in [2.24, 2.45) is 17.8 Å². The molecular weight excluding hydrogens is 448 g/mol. The van der Waals surface area contributed by atoms with Gasteiger partial charge in [-0.25, -0.2) is 4.98 Å². The number of hydrogen-bond acceptors (Lipinski definition) is 2. The Bertz CT molecular complexity index is 1170. The van der Waals surface area contributed by atoms with Gasteiger partial charge in [0.05, 0.1) is 16.8 Å². The van der Waals surface area contributed by atoms with Gasteiger partial charge < -0.3 is 5.32 Å². The second-order valence-electron chi connectivity index (χ2n) is 9.64. The number of hydrogen-bond donors (Lipinski definition) is 1.